The molecule has 1 unspecified atom stereocenters. The summed E-state index contributed by atoms with van der Waals surface area (Å²) in [4.78, 5) is 0. The summed E-state index contributed by atoms with van der Waals surface area (Å²) >= 11 is 3.43. The Kier molecular flexibility index (Phi) is 5.05. The molecule has 102 valence electrons. The Hall–Kier alpha value is -1.26. The molecule has 0 bridgehead atoms. The highest BCUT2D eigenvalue weighted by atomic mass is 79.9. The van der Waals surface area contributed by atoms with Gasteiger partial charge in [-0.15, -0.1) is 0 Å². The average Bonchev–Trinajstić information content (AvgIpc) is 2.87. The lowest BCUT2D eigenvalue weighted by Gasteiger charge is -2.15. The van der Waals surface area contributed by atoms with Crippen molar-refractivity contribution in [3.63, 3.8) is 0 Å². The van der Waals surface area contributed by atoms with Crippen LogP contribution in [0, 0.1) is 0 Å². The van der Waals surface area contributed by atoms with Crippen molar-refractivity contribution in [1.29, 1.82) is 0 Å². The zero-order valence-electron chi connectivity index (χ0n) is 11.2. The molecule has 2 aromatic rings. The van der Waals surface area contributed by atoms with Gasteiger partial charge >= 0.3 is 0 Å². The van der Waals surface area contributed by atoms with Gasteiger partial charge in [0.25, 0.3) is 0 Å². The predicted molar refractivity (Wildman–Crippen MR) is 79.5 cm³/mol. The lowest BCUT2D eigenvalue weighted by Crippen LogP contribution is -2.16. The Morgan fingerprint density at radius 3 is 2.53 bits per heavy atom. The molecule has 0 radical (unpaired) electrons. The SMILES string of the molecule is CNC(CCc1ccc(OC)cc1)c1ccoc1Br. The van der Waals surface area contributed by atoms with Crippen LogP contribution < -0.4 is 10.1 Å². The summed E-state index contributed by atoms with van der Waals surface area (Å²) in [5.41, 5.74) is 2.47. The van der Waals surface area contributed by atoms with Crippen LogP contribution in [-0.2, 0) is 6.42 Å². The molecule has 1 heterocycles. The summed E-state index contributed by atoms with van der Waals surface area (Å²) in [7, 11) is 3.65. The molecule has 2 rings (SSSR count). The van der Waals surface area contributed by atoms with Gasteiger partial charge in [0.15, 0.2) is 4.67 Å². The molecule has 1 N–H and O–H groups in total. The highest BCUT2D eigenvalue weighted by Gasteiger charge is 2.14. The summed E-state index contributed by atoms with van der Waals surface area (Å²) < 4.78 is 11.3. The van der Waals surface area contributed by atoms with E-state index >= 15 is 0 Å². The Labute approximate surface area is 122 Å². The molecule has 0 aliphatic carbocycles. The van der Waals surface area contributed by atoms with Gasteiger partial charge < -0.3 is 14.5 Å². The van der Waals surface area contributed by atoms with Gasteiger partial charge in [-0.3, -0.25) is 0 Å². The number of benzene rings is 1. The normalized spacial score (nSPS) is 12.4. The van der Waals surface area contributed by atoms with Gasteiger partial charge in [0.1, 0.15) is 5.75 Å². The van der Waals surface area contributed by atoms with Gasteiger partial charge in [0.05, 0.1) is 13.4 Å². The van der Waals surface area contributed by atoms with E-state index in [1.54, 1.807) is 13.4 Å². The Bertz CT molecular complexity index is 507. The molecule has 3 nitrogen and oxygen atoms in total. The number of aryl methyl sites for hydroxylation is 1. The second-order valence-electron chi connectivity index (χ2n) is 4.38. The fourth-order valence-corrected chi connectivity index (χ4v) is 2.63. The van der Waals surface area contributed by atoms with Crippen molar-refractivity contribution < 1.29 is 9.15 Å². The quantitative estimate of drug-likeness (QED) is 0.874. The number of furan rings is 1. The predicted octanol–water partition coefficient (Wildman–Crippen LogP) is 3.94. The van der Waals surface area contributed by atoms with Gasteiger partial charge in [-0.05, 0) is 59.6 Å². The monoisotopic (exact) mass is 323 g/mol. The first kappa shape index (κ1) is 14.2. The Morgan fingerprint density at radius 1 is 1.26 bits per heavy atom. The van der Waals surface area contributed by atoms with Crippen LogP contribution in [0.5, 0.6) is 5.75 Å². The minimum Gasteiger partial charge on any atom is -0.497 e. The van der Waals surface area contributed by atoms with Crippen LogP contribution in [0.2, 0.25) is 0 Å². The van der Waals surface area contributed by atoms with Crippen LogP contribution in [0.1, 0.15) is 23.6 Å². The van der Waals surface area contributed by atoms with Crippen molar-refractivity contribution in [3.8, 4) is 5.75 Å². The lowest BCUT2D eigenvalue weighted by atomic mass is 10.0. The van der Waals surface area contributed by atoms with E-state index in [0.717, 1.165) is 28.8 Å². The van der Waals surface area contributed by atoms with Crippen molar-refractivity contribution in [2.24, 2.45) is 0 Å². The number of hydrogen-bond donors (Lipinski definition) is 1. The second-order valence-corrected chi connectivity index (χ2v) is 5.10. The number of methoxy groups -OCH3 is 1. The Morgan fingerprint density at radius 2 is 2.00 bits per heavy atom. The largest absolute Gasteiger partial charge is 0.497 e. The second kappa shape index (κ2) is 6.78. The first-order valence-electron chi connectivity index (χ1n) is 6.27. The van der Waals surface area contributed by atoms with Crippen LogP contribution >= 0.6 is 15.9 Å². The van der Waals surface area contributed by atoms with Crippen LogP contribution in [-0.4, -0.2) is 14.2 Å². The van der Waals surface area contributed by atoms with Crippen molar-refractivity contribution in [3.05, 3.63) is 52.4 Å². The molecule has 0 saturated carbocycles. The third-order valence-electron chi connectivity index (χ3n) is 3.25. The summed E-state index contributed by atoms with van der Waals surface area (Å²) in [5, 5.41) is 3.32. The molecular weight excluding hydrogens is 306 g/mol. The van der Waals surface area contributed by atoms with Crippen molar-refractivity contribution in [2.45, 2.75) is 18.9 Å². The smallest absolute Gasteiger partial charge is 0.173 e. The summed E-state index contributed by atoms with van der Waals surface area (Å²) in [6.07, 6.45) is 3.73. The first-order valence-corrected chi connectivity index (χ1v) is 7.07. The molecular formula is C15H18BrNO2. The molecule has 1 aromatic heterocycles. The molecule has 1 atom stereocenters. The molecule has 4 heteroatoms. The molecule has 0 fully saturated rings. The highest BCUT2D eigenvalue weighted by Crippen LogP contribution is 2.27. The number of nitrogens with one attached hydrogen (secondary N) is 1. The van der Waals surface area contributed by atoms with Crippen LogP contribution in [0.15, 0.2) is 45.7 Å². The van der Waals surface area contributed by atoms with E-state index in [2.05, 4.69) is 33.4 Å². The highest BCUT2D eigenvalue weighted by molar-refractivity contribution is 9.10. The summed E-state index contributed by atoms with van der Waals surface area (Å²) in [6, 6.07) is 10.5. The van der Waals surface area contributed by atoms with Gasteiger partial charge in [0.2, 0.25) is 0 Å². The molecule has 0 spiro atoms. The van der Waals surface area contributed by atoms with Gasteiger partial charge in [-0.2, -0.15) is 0 Å². The minimum atomic E-state index is 0.287. The molecule has 0 saturated heterocycles. The topological polar surface area (TPSA) is 34.4 Å². The average molecular weight is 324 g/mol. The summed E-state index contributed by atoms with van der Waals surface area (Å²) in [5.74, 6) is 0.895. The number of ether oxygens (including phenoxy) is 1. The van der Waals surface area contributed by atoms with Crippen molar-refractivity contribution in [2.75, 3.05) is 14.2 Å². The van der Waals surface area contributed by atoms with Gasteiger partial charge in [-0.1, -0.05) is 12.1 Å². The van der Waals surface area contributed by atoms with E-state index in [-0.39, 0.29) is 6.04 Å². The first-order chi connectivity index (χ1) is 9.24. The fourth-order valence-electron chi connectivity index (χ4n) is 2.11. The third kappa shape index (κ3) is 3.61. The van der Waals surface area contributed by atoms with Crippen LogP contribution in [0.4, 0.5) is 0 Å². The standard InChI is InChI=1S/C15H18BrNO2/c1-17-14(13-9-10-19-15(13)16)8-5-11-3-6-12(18-2)7-4-11/h3-4,6-7,9-10,14,17H,5,8H2,1-2H3. The molecule has 0 aliphatic rings. The number of rotatable bonds is 6. The third-order valence-corrected chi connectivity index (χ3v) is 3.90. The maximum atomic E-state index is 5.29. The lowest BCUT2D eigenvalue weighted by molar-refractivity contribution is 0.414. The molecule has 0 aliphatic heterocycles. The van der Waals surface area contributed by atoms with E-state index in [1.165, 1.54) is 5.56 Å². The molecule has 0 amide bonds. The van der Waals surface area contributed by atoms with E-state index in [4.69, 9.17) is 9.15 Å². The van der Waals surface area contributed by atoms with E-state index < -0.39 is 0 Å². The van der Waals surface area contributed by atoms with E-state index in [9.17, 15) is 0 Å². The zero-order valence-corrected chi connectivity index (χ0v) is 12.7. The van der Waals surface area contributed by atoms with E-state index in [1.807, 2.05) is 25.2 Å². The zero-order chi connectivity index (χ0) is 13.7. The van der Waals surface area contributed by atoms with Gasteiger partial charge in [-0.25, -0.2) is 0 Å². The van der Waals surface area contributed by atoms with Gasteiger partial charge in [0, 0.05) is 11.6 Å². The number of halogens is 1. The number of hydrogen-bond acceptors (Lipinski definition) is 3. The maximum Gasteiger partial charge on any atom is 0.173 e. The van der Waals surface area contributed by atoms with Crippen molar-refractivity contribution in [1.82, 2.24) is 5.32 Å². The molecule has 1 aromatic carbocycles. The maximum absolute atomic E-state index is 5.29. The minimum absolute atomic E-state index is 0.287. The van der Waals surface area contributed by atoms with Crippen LogP contribution in [0.3, 0.4) is 0 Å². The van der Waals surface area contributed by atoms with Crippen molar-refractivity contribution >= 4 is 15.9 Å². The molecule has 19 heavy (non-hydrogen) atoms. The Balaban J connectivity index is 1.98. The van der Waals surface area contributed by atoms with Crippen LogP contribution in [0.25, 0.3) is 0 Å². The fraction of sp³-hybridized carbons (Fsp3) is 0.333. The van der Waals surface area contributed by atoms with E-state index in [0.29, 0.717) is 0 Å². The summed E-state index contributed by atoms with van der Waals surface area (Å²) in [6.45, 7) is 0.